The Bertz CT molecular complexity index is 273. The molecule has 5 atom stereocenters. The first-order valence-electron chi connectivity index (χ1n) is 4.56. The van der Waals surface area contributed by atoms with E-state index in [2.05, 4.69) is 4.74 Å². The van der Waals surface area contributed by atoms with Gasteiger partial charge in [-0.2, -0.15) is 0 Å². The number of aliphatic carboxylic acids is 1. The third-order valence-electron chi connectivity index (χ3n) is 2.62. The summed E-state index contributed by atoms with van der Waals surface area (Å²) in [7, 11) is 1.22. The fourth-order valence-electron chi connectivity index (χ4n) is 1.55. The third kappa shape index (κ3) is 1.90. The van der Waals surface area contributed by atoms with E-state index in [-0.39, 0.29) is 0 Å². The van der Waals surface area contributed by atoms with Gasteiger partial charge >= 0.3 is 5.97 Å². The molecule has 0 aromatic heterocycles. The molecule has 1 saturated heterocycles. The van der Waals surface area contributed by atoms with Crippen LogP contribution in [-0.4, -0.2) is 70.3 Å². The molecule has 0 aromatic rings. The van der Waals surface area contributed by atoms with Gasteiger partial charge in [-0.25, -0.2) is 0 Å². The van der Waals surface area contributed by atoms with Gasteiger partial charge in [0.05, 0.1) is 6.61 Å². The minimum Gasteiger partial charge on any atom is -0.480 e. The van der Waals surface area contributed by atoms with Crippen LogP contribution in [0.2, 0.25) is 0 Å². The Labute approximate surface area is 91.2 Å². The van der Waals surface area contributed by atoms with Gasteiger partial charge in [-0.15, -0.1) is 0 Å². The van der Waals surface area contributed by atoms with Crippen LogP contribution in [0.3, 0.4) is 0 Å². The van der Waals surface area contributed by atoms with E-state index < -0.39 is 42.7 Å². The topological polar surface area (TPSA) is 142 Å². The lowest BCUT2D eigenvalue weighted by Gasteiger charge is -2.30. The fourth-order valence-corrected chi connectivity index (χ4v) is 1.55. The summed E-state index contributed by atoms with van der Waals surface area (Å²) in [5.74, 6) is -1.54. The van der Waals surface area contributed by atoms with Gasteiger partial charge in [0.1, 0.15) is 18.3 Å². The van der Waals surface area contributed by atoms with E-state index in [0.29, 0.717) is 0 Å². The number of aliphatic hydroxyl groups is 3. The Balaban J connectivity index is 2.93. The first kappa shape index (κ1) is 13.3. The highest BCUT2D eigenvalue weighted by Crippen LogP contribution is 2.28. The van der Waals surface area contributed by atoms with Crippen LogP contribution < -0.4 is 5.73 Å². The number of methoxy groups -OCH3 is 1. The average Bonchev–Trinajstić information content (AvgIpc) is 2.55. The van der Waals surface area contributed by atoms with E-state index in [9.17, 15) is 15.0 Å². The standard InChI is InChI=1S/C8H15NO7/c1-15-6-4(12)3(11)5(16-6)8(9,2-10)7(13)14/h3-6,10-12H,2,9H2,1H3,(H,13,14). The zero-order valence-corrected chi connectivity index (χ0v) is 8.61. The lowest BCUT2D eigenvalue weighted by Crippen LogP contribution is -2.63. The van der Waals surface area contributed by atoms with E-state index >= 15 is 0 Å². The van der Waals surface area contributed by atoms with Crippen molar-refractivity contribution in [2.75, 3.05) is 13.7 Å². The van der Waals surface area contributed by atoms with Crippen molar-refractivity contribution < 1.29 is 34.7 Å². The van der Waals surface area contributed by atoms with Crippen molar-refractivity contribution in [1.82, 2.24) is 0 Å². The molecule has 16 heavy (non-hydrogen) atoms. The molecule has 0 bridgehead atoms. The number of hydrogen-bond donors (Lipinski definition) is 5. The highest BCUT2D eigenvalue weighted by atomic mass is 16.7. The average molecular weight is 237 g/mol. The van der Waals surface area contributed by atoms with Crippen LogP contribution in [0.15, 0.2) is 0 Å². The van der Waals surface area contributed by atoms with Crippen molar-refractivity contribution in [2.45, 2.75) is 30.1 Å². The van der Waals surface area contributed by atoms with E-state index in [1.54, 1.807) is 0 Å². The lowest BCUT2D eigenvalue weighted by atomic mass is 9.90. The second-order valence-electron chi connectivity index (χ2n) is 3.65. The van der Waals surface area contributed by atoms with Gasteiger partial charge in [-0.1, -0.05) is 0 Å². The maximum Gasteiger partial charge on any atom is 0.328 e. The van der Waals surface area contributed by atoms with E-state index in [0.717, 1.165) is 0 Å². The number of ether oxygens (including phenoxy) is 2. The molecule has 5 unspecified atom stereocenters. The number of hydrogen-bond acceptors (Lipinski definition) is 7. The maximum absolute atomic E-state index is 10.9. The molecule has 1 rings (SSSR count). The van der Waals surface area contributed by atoms with Gasteiger partial charge in [0.2, 0.25) is 0 Å². The van der Waals surface area contributed by atoms with Gasteiger partial charge in [0.25, 0.3) is 0 Å². The third-order valence-corrected chi connectivity index (χ3v) is 2.62. The SMILES string of the molecule is COC1OC(C(N)(CO)C(=O)O)C(O)C1O. The largest absolute Gasteiger partial charge is 0.480 e. The molecule has 0 saturated carbocycles. The van der Waals surface area contributed by atoms with Crippen LogP contribution in [0, 0.1) is 0 Å². The van der Waals surface area contributed by atoms with Crippen LogP contribution in [0.1, 0.15) is 0 Å². The summed E-state index contributed by atoms with van der Waals surface area (Å²) in [5, 5.41) is 36.8. The van der Waals surface area contributed by atoms with Crippen LogP contribution in [-0.2, 0) is 14.3 Å². The van der Waals surface area contributed by atoms with Crippen LogP contribution >= 0.6 is 0 Å². The molecule has 1 fully saturated rings. The van der Waals surface area contributed by atoms with E-state index in [1.807, 2.05) is 0 Å². The summed E-state index contributed by atoms with van der Waals surface area (Å²) < 4.78 is 9.65. The maximum atomic E-state index is 10.9. The highest BCUT2D eigenvalue weighted by molar-refractivity contribution is 5.79. The molecule has 94 valence electrons. The second-order valence-corrected chi connectivity index (χ2v) is 3.65. The predicted molar refractivity (Wildman–Crippen MR) is 49.3 cm³/mol. The molecule has 0 aliphatic carbocycles. The van der Waals surface area contributed by atoms with Crippen molar-refractivity contribution in [1.29, 1.82) is 0 Å². The smallest absolute Gasteiger partial charge is 0.328 e. The summed E-state index contributed by atoms with van der Waals surface area (Å²) in [6, 6.07) is 0. The van der Waals surface area contributed by atoms with Crippen LogP contribution in [0.5, 0.6) is 0 Å². The Morgan fingerprint density at radius 2 is 2.06 bits per heavy atom. The zero-order chi connectivity index (χ0) is 12.5. The van der Waals surface area contributed by atoms with Gasteiger partial charge in [-0.3, -0.25) is 4.79 Å². The summed E-state index contributed by atoms with van der Waals surface area (Å²) >= 11 is 0. The molecule has 1 aliphatic rings. The molecular weight excluding hydrogens is 222 g/mol. The predicted octanol–water partition coefficient (Wildman–Crippen LogP) is -3.15. The summed E-state index contributed by atoms with van der Waals surface area (Å²) in [6.45, 7) is -0.937. The quantitative estimate of drug-likeness (QED) is 0.345. The number of carboxylic acid groups (broad SMARTS) is 1. The molecule has 8 heteroatoms. The molecule has 6 N–H and O–H groups in total. The van der Waals surface area contributed by atoms with Crippen molar-refractivity contribution >= 4 is 5.97 Å². The summed E-state index contributed by atoms with van der Waals surface area (Å²) in [5.41, 5.74) is 3.23. The van der Waals surface area contributed by atoms with Crippen LogP contribution in [0.4, 0.5) is 0 Å². The van der Waals surface area contributed by atoms with E-state index in [1.165, 1.54) is 7.11 Å². The number of carboxylic acids is 1. The first-order valence-corrected chi connectivity index (χ1v) is 4.56. The van der Waals surface area contributed by atoms with Crippen molar-refractivity contribution in [3.8, 4) is 0 Å². The molecule has 1 aliphatic heterocycles. The highest BCUT2D eigenvalue weighted by Gasteiger charge is 2.55. The van der Waals surface area contributed by atoms with Crippen molar-refractivity contribution in [2.24, 2.45) is 5.73 Å². The Kier molecular flexibility index (Phi) is 3.84. The number of aliphatic hydroxyl groups excluding tert-OH is 3. The summed E-state index contributed by atoms with van der Waals surface area (Å²) in [4.78, 5) is 10.9. The molecule has 0 spiro atoms. The zero-order valence-electron chi connectivity index (χ0n) is 8.61. The monoisotopic (exact) mass is 237 g/mol. The lowest BCUT2D eigenvalue weighted by molar-refractivity contribution is -0.174. The second kappa shape index (κ2) is 4.62. The Hall–Kier alpha value is -0.770. The van der Waals surface area contributed by atoms with Crippen molar-refractivity contribution in [3.05, 3.63) is 0 Å². The molecule has 0 aromatic carbocycles. The minimum atomic E-state index is -2.19. The van der Waals surface area contributed by atoms with Gasteiger partial charge in [-0.05, 0) is 0 Å². The normalized spacial score (nSPS) is 38.3. The first-order chi connectivity index (χ1) is 7.38. The van der Waals surface area contributed by atoms with Crippen molar-refractivity contribution in [3.63, 3.8) is 0 Å². The van der Waals surface area contributed by atoms with Gasteiger partial charge in [0, 0.05) is 7.11 Å². The molecular formula is C8H15NO7. The molecule has 0 radical (unpaired) electrons. The molecule has 0 amide bonds. The molecule has 8 nitrogen and oxygen atoms in total. The minimum absolute atomic E-state index is 0.937. The number of carbonyl (C=O) groups is 1. The Morgan fingerprint density at radius 1 is 1.50 bits per heavy atom. The summed E-state index contributed by atoms with van der Waals surface area (Å²) in [6.07, 6.45) is -5.58. The molecule has 1 heterocycles. The van der Waals surface area contributed by atoms with Gasteiger partial charge < -0.3 is 35.6 Å². The van der Waals surface area contributed by atoms with Crippen LogP contribution in [0.25, 0.3) is 0 Å². The fraction of sp³-hybridized carbons (Fsp3) is 0.875. The Morgan fingerprint density at radius 3 is 2.38 bits per heavy atom. The number of rotatable bonds is 4. The number of nitrogens with two attached hydrogens (primary N) is 1. The van der Waals surface area contributed by atoms with Gasteiger partial charge in [0.15, 0.2) is 11.8 Å². The van der Waals surface area contributed by atoms with E-state index in [4.69, 9.17) is 20.7 Å².